The molecule has 100 valence electrons. The third kappa shape index (κ3) is 6.35. The second kappa shape index (κ2) is 7.36. The second-order valence-corrected chi connectivity index (χ2v) is 5.51. The van der Waals surface area contributed by atoms with Crippen molar-refractivity contribution in [1.29, 1.82) is 0 Å². The van der Waals surface area contributed by atoms with Gasteiger partial charge in [-0.05, 0) is 25.2 Å². The van der Waals surface area contributed by atoms with Crippen LogP contribution in [-0.4, -0.2) is 24.0 Å². The van der Waals surface area contributed by atoms with E-state index in [0.29, 0.717) is 0 Å². The van der Waals surface area contributed by atoms with Gasteiger partial charge in [0, 0.05) is 19.3 Å². The standard InChI is InChI=1S/C14H28N2O/c1-7-9-16(10-8-2)13(17)15-11-12(3)14(4,5)6/h11H,7-10H2,1-6H3,(H,15,17)/b12-11+. The van der Waals surface area contributed by atoms with Crippen molar-refractivity contribution in [3.05, 3.63) is 11.8 Å². The van der Waals surface area contributed by atoms with Crippen molar-refractivity contribution in [2.75, 3.05) is 13.1 Å². The molecule has 1 N–H and O–H groups in total. The fourth-order valence-corrected chi connectivity index (χ4v) is 1.33. The van der Waals surface area contributed by atoms with E-state index in [2.05, 4.69) is 39.9 Å². The summed E-state index contributed by atoms with van der Waals surface area (Å²) in [4.78, 5) is 13.8. The highest BCUT2D eigenvalue weighted by Crippen LogP contribution is 2.23. The van der Waals surface area contributed by atoms with Gasteiger partial charge in [-0.3, -0.25) is 0 Å². The molecule has 2 amide bonds. The highest BCUT2D eigenvalue weighted by molar-refractivity contribution is 5.75. The van der Waals surface area contributed by atoms with Crippen LogP contribution in [0.25, 0.3) is 0 Å². The lowest BCUT2D eigenvalue weighted by molar-refractivity contribution is 0.201. The Bertz CT molecular complexity index is 258. The summed E-state index contributed by atoms with van der Waals surface area (Å²) in [7, 11) is 0. The van der Waals surface area contributed by atoms with E-state index in [4.69, 9.17) is 0 Å². The third-order valence-electron chi connectivity index (χ3n) is 2.87. The number of nitrogens with zero attached hydrogens (tertiary/aromatic N) is 1. The average Bonchev–Trinajstić information content (AvgIpc) is 2.23. The number of rotatable bonds is 5. The molecule has 0 heterocycles. The summed E-state index contributed by atoms with van der Waals surface area (Å²) in [6.45, 7) is 14.3. The largest absolute Gasteiger partial charge is 0.325 e. The third-order valence-corrected chi connectivity index (χ3v) is 2.87. The van der Waals surface area contributed by atoms with Crippen molar-refractivity contribution < 1.29 is 4.79 Å². The second-order valence-electron chi connectivity index (χ2n) is 5.51. The predicted octanol–water partition coefficient (Wildman–Crippen LogP) is 3.77. The molecule has 0 fully saturated rings. The highest BCUT2D eigenvalue weighted by Gasteiger charge is 2.14. The molecule has 0 aromatic rings. The van der Waals surface area contributed by atoms with E-state index in [1.165, 1.54) is 5.57 Å². The van der Waals surface area contributed by atoms with E-state index in [9.17, 15) is 4.79 Å². The Morgan fingerprint density at radius 3 is 2.00 bits per heavy atom. The Kier molecular flexibility index (Phi) is 6.93. The average molecular weight is 240 g/mol. The minimum atomic E-state index is 0.0114. The smallest absolute Gasteiger partial charge is 0.321 e. The quantitative estimate of drug-likeness (QED) is 0.779. The van der Waals surface area contributed by atoms with E-state index >= 15 is 0 Å². The van der Waals surface area contributed by atoms with Gasteiger partial charge in [0.25, 0.3) is 0 Å². The van der Waals surface area contributed by atoms with Crippen LogP contribution in [0, 0.1) is 5.41 Å². The molecule has 0 atom stereocenters. The molecule has 3 heteroatoms. The van der Waals surface area contributed by atoms with Crippen LogP contribution in [-0.2, 0) is 0 Å². The molecule has 0 bridgehead atoms. The summed E-state index contributed by atoms with van der Waals surface area (Å²) in [6.07, 6.45) is 3.82. The Hall–Kier alpha value is -0.990. The van der Waals surface area contributed by atoms with E-state index in [1.54, 1.807) is 0 Å². The molecule has 0 spiro atoms. The number of urea groups is 1. The Morgan fingerprint density at radius 2 is 1.65 bits per heavy atom. The van der Waals surface area contributed by atoms with Crippen molar-refractivity contribution in [3.63, 3.8) is 0 Å². The molecule has 0 unspecified atom stereocenters. The lowest BCUT2D eigenvalue weighted by Crippen LogP contribution is -2.39. The number of nitrogens with one attached hydrogen (secondary N) is 1. The van der Waals surface area contributed by atoms with Crippen LogP contribution in [0.5, 0.6) is 0 Å². The van der Waals surface area contributed by atoms with Gasteiger partial charge in [0.15, 0.2) is 0 Å². The molecule has 0 saturated carbocycles. The topological polar surface area (TPSA) is 32.3 Å². The predicted molar refractivity (Wildman–Crippen MR) is 73.9 cm³/mol. The number of amides is 2. The van der Waals surface area contributed by atoms with Gasteiger partial charge in [-0.1, -0.05) is 40.2 Å². The summed E-state index contributed by atoms with van der Waals surface area (Å²) in [5.41, 5.74) is 1.28. The van der Waals surface area contributed by atoms with Gasteiger partial charge in [-0.15, -0.1) is 0 Å². The Labute approximate surface area is 106 Å². The molecule has 0 aliphatic carbocycles. The van der Waals surface area contributed by atoms with Gasteiger partial charge in [0.1, 0.15) is 0 Å². The Balaban J connectivity index is 4.41. The van der Waals surface area contributed by atoms with Crippen LogP contribution in [0.1, 0.15) is 54.4 Å². The van der Waals surface area contributed by atoms with Crippen LogP contribution in [0.4, 0.5) is 4.79 Å². The molecule has 0 aromatic carbocycles. The van der Waals surface area contributed by atoms with Crippen LogP contribution >= 0.6 is 0 Å². The van der Waals surface area contributed by atoms with E-state index in [-0.39, 0.29) is 11.4 Å². The molecule has 0 aliphatic rings. The first kappa shape index (κ1) is 16.0. The number of hydrogen-bond donors (Lipinski definition) is 1. The first-order valence-corrected chi connectivity index (χ1v) is 6.55. The summed E-state index contributed by atoms with van der Waals surface area (Å²) < 4.78 is 0. The molecular weight excluding hydrogens is 212 g/mol. The summed E-state index contributed by atoms with van der Waals surface area (Å²) in [6, 6.07) is 0.0114. The van der Waals surface area contributed by atoms with Crippen molar-refractivity contribution in [2.45, 2.75) is 54.4 Å². The molecular formula is C14H28N2O. The van der Waals surface area contributed by atoms with Gasteiger partial charge in [-0.25, -0.2) is 4.79 Å². The fraction of sp³-hybridized carbons (Fsp3) is 0.786. The molecule has 0 aliphatic heterocycles. The van der Waals surface area contributed by atoms with Crippen molar-refractivity contribution in [1.82, 2.24) is 10.2 Å². The maximum absolute atomic E-state index is 11.9. The molecule has 0 saturated heterocycles. The zero-order valence-corrected chi connectivity index (χ0v) is 12.3. The molecule has 17 heavy (non-hydrogen) atoms. The molecule has 0 rings (SSSR count). The zero-order chi connectivity index (χ0) is 13.5. The van der Waals surface area contributed by atoms with E-state index in [0.717, 1.165) is 25.9 Å². The number of allylic oxidation sites excluding steroid dienone is 1. The van der Waals surface area contributed by atoms with Crippen LogP contribution in [0.15, 0.2) is 11.8 Å². The maximum Gasteiger partial charge on any atom is 0.321 e. The first-order chi connectivity index (χ1) is 7.82. The van der Waals surface area contributed by atoms with E-state index in [1.807, 2.05) is 18.0 Å². The molecule has 3 nitrogen and oxygen atoms in total. The van der Waals surface area contributed by atoms with Crippen molar-refractivity contribution in [2.24, 2.45) is 5.41 Å². The van der Waals surface area contributed by atoms with Crippen molar-refractivity contribution >= 4 is 6.03 Å². The summed E-state index contributed by atoms with van der Waals surface area (Å²) in [5.74, 6) is 0. The van der Waals surface area contributed by atoms with Gasteiger partial charge in [-0.2, -0.15) is 0 Å². The summed E-state index contributed by atoms with van der Waals surface area (Å²) >= 11 is 0. The minimum absolute atomic E-state index is 0.0114. The Morgan fingerprint density at radius 1 is 1.18 bits per heavy atom. The van der Waals surface area contributed by atoms with E-state index < -0.39 is 0 Å². The number of carbonyl (C=O) groups is 1. The van der Waals surface area contributed by atoms with Crippen molar-refractivity contribution in [3.8, 4) is 0 Å². The fourth-order valence-electron chi connectivity index (χ4n) is 1.33. The van der Waals surface area contributed by atoms with Crippen LogP contribution < -0.4 is 5.32 Å². The van der Waals surface area contributed by atoms with Gasteiger partial charge in [0.2, 0.25) is 0 Å². The van der Waals surface area contributed by atoms with Crippen LogP contribution in [0.3, 0.4) is 0 Å². The SMILES string of the molecule is CCCN(CCC)C(=O)N/C=C(\C)C(C)(C)C. The number of hydrogen-bond acceptors (Lipinski definition) is 1. The molecule has 0 aromatic heterocycles. The van der Waals surface area contributed by atoms with Gasteiger partial charge < -0.3 is 10.2 Å². The number of carbonyl (C=O) groups excluding carboxylic acids is 1. The lowest BCUT2D eigenvalue weighted by Gasteiger charge is -2.23. The minimum Gasteiger partial charge on any atom is -0.325 e. The first-order valence-electron chi connectivity index (χ1n) is 6.55. The normalized spacial score (nSPS) is 12.5. The van der Waals surface area contributed by atoms with Crippen LogP contribution in [0.2, 0.25) is 0 Å². The monoisotopic (exact) mass is 240 g/mol. The maximum atomic E-state index is 11.9. The summed E-state index contributed by atoms with van der Waals surface area (Å²) in [5, 5.41) is 2.88. The highest BCUT2D eigenvalue weighted by atomic mass is 16.2. The van der Waals surface area contributed by atoms with Gasteiger partial charge in [0.05, 0.1) is 0 Å². The lowest BCUT2D eigenvalue weighted by atomic mass is 9.88. The zero-order valence-electron chi connectivity index (χ0n) is 12.3. The molecule has 0 radical (unpaired) electrons. The van der Waals surface area contributed by atoms with Gasteiger partial charge >= 0.3 is 6.03 Å².